The highest BCUT2D eigenvalue weighted by molar-refractivity contribution is 6.70. The van der Waals surface area contributed by atoms with E-state index in [9.17, 15) is 0 Å². The van der Waals surface area contributed by atoms with E-state index in [4.69, 9.17) is 9.05 Å². The molecule has 0 saturated heterocycles. The molecule has 0 bridgehead atoms. The predicted octanol–water partition coefficient (Wildman–Crippen LogP) is 3.83. The average Bonchev–Trinajstić information content (AvgIpc) is 2.12. The zero-order valence-corrected chi connectivity index (χ0v) is 14.4. The van der Waals surface area contributed by atoms with Crippen LogP contribution in [0.15, 0.2) is 10.3 Å². The summed E-state index contributed by atoms with van der Waals surface area (Å²) in [4.78, 5) is 0. The minimum Gasteiger partial charge on any atom is -0.455 e. The van der Waals surface area contributed by atoms with Crippen molar-refractivity contribution >= 4 is 28.1 Å². The Kier molecular flexibility index (Phi) is 6.11. The fourth-order valence-corrected chi connectivity index (χ4v) is 1.63. The third-order valence-electron chi connectivity index (χ3n) is 1.64. The van der Waals surface area contributed by atoms with Crippen LogP contribution in [0.4, 0.5) is 0 Å². The van der Waals surface area contributed by atoms with E-state index in [1.165, 1.54) is 0 Å². The first-order valence-corrected chi connectivity index (χ1v) is 12.8. The Labute approximate surface area is 107 Å². The molecular formula is C11H26N2O2Si2. The van der Waals surface area contributed by atoms with Gasteiger partial charge in [0.2, 0.25) is 0 Å². The Morgan fingerprint density at radius 1 is 0.882 bits per heavy atom. The van der Waals surface area contributed by atoms with Crippen LogP contribution in [0.25, 0.3) is 0 Å². The van der Waals surface area contributed by atoms with Gasteiger partial charge in [0.15, 0.2) is 0 Å². The summed E-state index contributed by atoms with van der Waals surface area (Å²) in [5, 5.41) is 8.35. The predicted molar refractivity (Wildman–Crippen MR) is 79.7 cm³/mol. The molecule has 0 heterocycles. The lowest BCUT2D eigenvalue weighted by atomic mass is 10.2. The van der Waals surface area contributed by atoms with E-state index in [2.05, 4.69) is 49.6 Å². The quantitative estimate of drug-likeness (QED) is 0.420. The van der Waals surface area contributed by atoms with E-state index in [1.54, 1.807) is 0 Å². The first-order valence-electron chi connectivity index (χ1n) is 6.03. The number of hydrogen-bond acceptors (Lipinski definition) is 4. The lowest BCUT2D eigenvalue weighted by Crippen LogP contribution is -2.26. The van der Waals surface area contributed by atoms with Gasteiger partial charge in [-0.1, -0.05) is 6.92 Å². The molecule has 6 heteroatoms. The largest absolute Gasteiger partial charge is 0.455 e. The lowest BCUT2D eigenvalue weighted by Gasteiger charge is -2.16. The van der Waals surface area contributed by atoms with E-state index in [-0.39, 0.29) is 0 Å². The van der Waals surface area contributed by atoms with Crippen molar-refractivity contribution in [1.82, 2.24) is 0 Å². The van der Waals surface area contributed by atoms with Crippen molar-refractivity contribution in [2.75, 3.05) is 0 Å². The normalized spacial score (nSPS) is 14.8. The summed E-state index contributed by atoms with van der Waals surface area (Å²) >= 11 is 0. The SMILES string of the molecule is CCC(=N\O[Si](C)(C)C)/C(C)=N/O[Si](C)(C)C. The van der Waals surface area contributed by atoms with E-state index in [1.807, 2.05) is 13.8 Å². The minimum absolute atomic E-state index is 0.800. The van der Waals surface area contributed by atoms with E-state index in [0.29, 0.717) is 0 Å². The van der Waals surface area contributed by atoms with Crippen LogP contribution in [0.3, 0.4) is 0 Å². The highest BCUT2D eigenvalue weighted by atomic mass is 28.4. The second-order valence-electron chi connectivity index (χ2n) is 5.98. The summed E-state index contributed by atoms with van der Waals surface area (Å²) < 4.78 is 11.0. The lowest BCUT2D eigenvalue weighted by molar-refractivity contribution is 0.329. The van der Waals surface area contributed by atoms with Crippen LogP contribution < -0.4 is 0 Å². The summed E-state index contributed by atoms with van der Waals surface area (Å²) in [6, 6.07) is 0. The second-order valence-corrected chi connectivity index (χ2v) is 14.8. The molecule has 0 aromatic carbocycles. The maximum absolute atomic E-state index is 5.54. The molecular weight excluding hydrogens is 248 g/mol. The average molecular weight is 275 g/mol. The summed E-state index contributed by atoms with van der Waals surface area (Å²) in [5.41, 5.74) is 1.68. The van der Waals surface area contributed by atoms with Gasteiger partial charge in [-0.05, 0) is 52.6 Å². The molecule has 0 radical (unpaired) electrons. The monoisotopic (exact) mass is 274 g/mol. The number of nitrogens with zero attached hydrogens (tertiary/aromatic N) is 2. The molecule has 0 aromatic rings. The van der Waals surface area contributed by atoms with Crippen molar-refractivity contribution in [3.8, 4) is 0 Å². The van der Waals surface area contributed by atoms with E-state index >= 15 is 0 Å². The van der Waals surface area contributed by atoms with Crippen molar-refractivity contribution < 1.29 is 9.05 Å². The smallest absolute Gasteiger partial charge is 0.278 e. The molecule has 0 aliphatic heterocycles. The fraction of sp³-hybridized carbons (Fsp3) is 0.818. The van der Waals surface area contributed by atoms with Gasteiger partial charge in [-0.3, -0.25) is 0 Å². The molecule has 4 nitrogen and oxygen atoms in total. The minimum atomic E-state index is -1.62. The van der Waals surface area contributed by atoms with Crippen molar-refractivity contribution in [1.29, 1.82) is 0 Å². The Morgan fingerprint density at radius 3 is 1.65 bits per heavy atom. The molecule has 0 saturated carbocycles. The molecule has 100 valence electrons. The fourth-order valence-electron chi connectivity index (χ4n) is 0.837. The Bertz CT molecular complexity index is 302. The molecule has 17 heavy (non-hydrogen) atoms. The summed E-state index contributed by atoms with van der Waals surface area (Å²) in [5.74, 6) is 0. The third kappa shape index (κ3) is 9.11. The zero-order chi connectivity index (χ0) is 13.7. The van der Waals surface area contributed by atoms with Crippen molar-refractivity contribution in [3.05, 3.63) is 0 Å². The van der Waals surface area contributed by atoms with E-state index < -0.39 is 16.6 Å². The molecule has 0 atom stereocenters. The maximum Gasteiger partial charge on any atom is 0.278 e. The molecule has 0 rings (SSSR count). The van der Waals surface area contributed by atoms with Crippen LogP contribution in [-0.4, -0.2) is 28.1 Å². The molecule has 0 amide bonds. The van der Waals surface area contributed by atoms with Gasteiger partial charge in [0.1, 0.15) is 5.71 Å². The molecule has 0 aliphatic rings. The Balaban J connectivity index is 4.66. The van der Waals surface area contributed by atoms with Gasteiger partial charge in [-0.15, -0.1) is 10.3 Å². The molecule has 0 unspecified atom stereocenters. The van der Waals surface area contributed by atoms with Crippen LogP contribution in [-0.2, 0) is 9.05 Å². The summed E-state index contributed by atoms with van der Waals surface area (Å²) in [6.07, 6.45) is 0.800. The van der Waals surface area contributed by atoms with Crippen molar-refractivity contribution in [3.63, 3.8) is 0 Å². The van der Waals surface area contributed by atoms with Gasteiger partial charge < -0.3 is 9.05 Å². The van der Waals surface area contributed by atoms with Crippen LogP contribution in [0.2, 0.25) is 39.3 Å². The van der Waals surface area contributed by atoms with Crippen molar-refractivity contribution in [2.45, 2.75) is 59.6 Å². The zero-order valence-electron chi connectivity index (χ0n) is 12.4. The van der Waals surface area contributed by atoms with Gasteiger partial charge in [0.25, 0.3) is 16.6 Å². The first-order chi connectivity index (χ1) is 7.55. The summed E-state index contributed by atoms with van der Waals surface area (Å²) in [7, 11) is -3.23. The number of oxime groups is 2. The van der Waals surface area contributed by atoms with Crippen molar-refractivity contribution in [2.24, 2.45) is 10.3 Å². The maximum atomic E-state index is 5.54. The highest BCUT2D eigenvalue weighted by Gasteiger charge is 2.18. The van der Waals surface area contributed by atoms with Gasteiger partial charge in [0.05, 0.1) is 5.71 Å². The van der Waals surface area contributed by atoms with Gasteiger partial charge in [0, 0.05) is 0 Å². The molecule has 0 N–H and O–H groups in total. The molecule has 0 spiro atoms. The molecule has 0 fully saturated rings. The topological polar surface area (TPSA) is 43.2 Å². The molecule has 0 aromatic heterocycles. The van der Waals surface area contributed by atoms with Crippen LogP contribution in [0, 0.1) is 0 Å². The summed E-state index contributed by atoms with van der Waals surface area (Å²) in [6.45, 7) is 16.6. The number of hydrogen-bond donors (Lipinski definition) is 0. The second kappa shape index (κ2) is 6.35. The van der Waals surface area contributed by atoms with Crippen LogP contribution >= 0.6 is 0 Å². The van der Waals surface area contributed by atoms with Gasteiger partial charge in [-0.25, -0.2) is 0 Å². The van der Waals surface area contributed by atoms with Gasteiger partial charge >= 0.3 is 0 Å². The van der Waals surface area contributed by atoms with E-state index in [0.717, 1.165) is 17.8 Å². The molecule has 0 aliphatic carbocycles. The highest BCUT2D eigenvalue weighted by Crippen LogP contribution is 2.06. The standard InChI is InChI=1S/C11H26N2O2Si2/c1-9-11(13-15-17(6,7)8)10(2)12-14-16(3,4)5/h9H2,1-8H3/b12-10+,13-11+. The Morgan fingerprint density at radius 2 is 1.29 bits per heavy atom. The number of rotatable bonds is 6. The Hall–Kier alpha value is -0.626. The first kappa shape index (κ1) is 16.4. The van der Waals surface area contributed by atoms with Gasteiger partial charge in [-0.2, -0.15) is 0 Å². The third-order valence-corrected chi connectivity index (χ3v) is 2.92. The van der Waals surface area contributed by atoms with Crippen LogP contribution in [0.5, 0.6) is 0 Å². The van der Waals surface area contributed by atoms with Crippen LogP contribution in [0.1, 0.15) is 20.3 Å².